The van der Waals surface area contributed by atoms with Crippen molar-refractivity contribution in [2.24, 2.45) is 0 Å². The van der Waals surface area contributed by atoms with Crippen LogP contribution in [0.2, 0.25) is 5.02 Å². The standard InChI is InChI=1S/C24H26ClN5O2/c1-2-19-4-3-5-20(26-19)15-6-8-16(9-7-15)23-28-27-22-14-29(24(31)32)13-17-12-18(25)10-11-21(17)30(22)23/h3-5,10-12,15-16H,2,6-9,13-14H2,1H3,(H,31,32)/t15-,16-. The molecule has 0 bridgehead atoms. The fraction of sp³-hybridized carbons (Fsp3) is 0.417. The summed E-state index contributed by atoms with van der Waals surface area (Å²) in [6.07, 6.45) is 4.10. The van der Waals surface area contributed by atoms with E-state index in [9.17, 15) is 9.90 Å². The number of carbonyl (C=O) groups is 1. The number of hydrogen-bond donors (Lipinski definition) is 1. The first kappa shape index (κ1) is 20.9. The second-order valence-electron chi connectivity index (χ2n) is 8.68. The first-order valence-electron chi connectivity index (χ1n) is 11.2. The molecule has 1 amide bonds. The van der Waals surface area contributed by atoms with Crippen molar-refractivity contribution in [1.29, 1.82) is 0 Å². The maximum atomic E-state index is 11.8. The molecule has 7 nitrogen and oxygen atoms in total. The molecule has 3 aromatic rings. The predicted octanol–water partition coefficient (Wildman–Crippen LogP) is 5.31. The fourth-order valence-corrected chi connectivity index (χ4v) is 5.19. The van der Waals surface area contributed by atoms with Gasteiger partial charge in [0.05, 0.1) is 18.8 Å². The number of pyridine rings is 1. The van der Waals surface area contributed by atoms with Crippen LogP contribution < -0.4 is 0 Å². The highest BCUT2D eigenvalue weighted by Crippen LogP contribution is 2.41. The van der Waals surface area contributed by atoms with Gasteiger partial charge in [-0.25, -0.2) is 4.79 Å². The van der Waals surface area contributed by atoms with E-state index in [-0.39, 0.29) is 19.0 Å². The van der Waals surface area contributed by atoms with E-state index in [1.807, 2.05) is 18.2 Å². The molecule has 32 heavy (non-hydrogen) atoms. The molecule has 2 aliphatic rings. The molecule has 1 saturated carbocycles. The Kier molecular flexibility index (Phi) is 5.59. The van der Waals surface area contributed by atoms with Gasteiger partial charge < -0.3 is 5.11 Å². The second kappa shape index (κ2) is 8.54. The van der Waals surface area contributed by atoms with Gasteiger partial charge in [-0.2, -0.15) is 0 Å². The van der Waals surface area contributed by atoms with Crippen LogP contribution in [-0.4, -0.2) is 35.8 Å². The Morgan fingerprint density at radius 1 is 1.09 bits per heavy atom. The predicted molar refractivity (Wildman–Crippen MR) is 121 cm³/mol. The highest BCUT2D eigenvalue weighted by atomic mass is 35.5. The van der Waals surface area contributed by atoms with Crippen LogP contribution in [0.15, 0.2) is 36.4 Å². The van der Waals surface area contributed by atoms with Gasteiger partial charge in [0.2, 0.25) is 0 Å². The monoisotopic (exact) mass is 451 g/mol. The topological polar surface area (TPSA) is 84.1 Å². The quantitative estimate of drug-likeness (QED) is 0.583. The van der Waals surface area contributed by atoms with Gasteiger partial charge in [-0.3, -0.25) is 14.5 Å². The van der Waals surface area contributed by atoms with Crippen LogP contribution in [0.1, 0.15) is 73.0 Å². The summed E-state index contributed by atoms with van der Waals surface area (Å²) >= 11 is 6.23. The van der Waals surface area contributed by atoms with Crippen LogP contribution in [0.5, 0.6) is 0 Å². The third kappa shape index (κ3) is 3.86. The molecule has 0 saturated heterocycles. The van der Waals surface area contributed by atoms with Crippen LogP contribution in [0.3, 0.4) is 0 Å². The van der Waals surface area contributed by atoms with Crippen molar-refractivity contribution in [3.63, 3.8) is 0 Å². The zero-order chi connectivity index (χ0) is 22.2. The lowest BCUT2D eigenvalue weighted by molar-refractivity contribution is 0.139. The van der Waals surface area contributed by atoms with Crippen molar-refractivity contribution < 1.29 is 9.90 Å². The Bertz CT molecular complexity index is 1150. The van der Waals surface area contributed by atoms with E-state index in [0.717, 1.165) is 54.9 Å². The van der Waals surface area contributed by atoms with Gasteiger partial charge in [-0.15, -0.1) is 10.2 Å². The van der Waals surface area contributed by atoms with Crippen LogP contribution in [0.25, 0.3) is 5.69 Å². The van der Waals surface area contributed by atoms with Gasteiger partial charge in [-0.1, -0.05) is 24.6 Å². The normalized spacial score (nSPS) is 20.4. The highest BCUT2D eigenvalue weighted by molar-refractivity contribution is 6.30. The number of rotatable bonds is 3. The minimum absolute atomic E-state index is 0.206. The number of benzene rings is 1. The lowest BCUT2D eigenvalue weighted by Crippen LogP contribution is -2.27. The minimum Gasteiger partial charge on any atom is -0.465 e. The zero-order valence-corrected chi connectivity index (χ0v) is 18.8. The van der Waals surface area contributed by atoms with E-state index in [2.05, 4.69) is 39.9 Å². The average Bonchev–Trinajstić information content (AvgIpc) is 3.14. The number of carboxylic acid groups (broad SMARTS) is 1. The van der Waals surface area contributed by atoms with Gasteiger partial charge in [0.15, 0.2) is 5.82 Å². The summed E-state index contributed by atoms with van der Waals surface area (Å²) in [7, 11) is 0. The van der Waals surface area contributed by atoms with Crippen molar-refractivity contribution in [1.82, 2.24) is 24.6 Å². The summed E-state index contributed by atoms with van der Waals surface area (Å²) in [6, 6.07) is 12.0. The van der Waals surface area contributed by atoms with E-state index >= 15 is 0 Å². The van der Waals surface area contributed by atoms with E-state index in [0.29, 0.717) is 16.8 Å². The molecular formula is C24H26ClN5O2. The first-order valence-corrected chi connectivity index (χ1v) is 11.6. The lowest BCUT2D eigenvalue weighted by atomic mass is 9.80. The molecule has 8 heteroatoms. The number of amides is 1. The van der Waals surface area contributed by atoms with Gasteiger partial charge in [-0.05, 0) is 68.0 Å². The fourth-order valence-electron chi connectivity index (χ4n) is 5.00. The van der Waals surface area contributed by atoms with Crippen LogP contribution in [0.4, 0.5) is 4.79 Å². The SMILES string of the molecule is CCc1cccc([C@H]2CC[C@H](c3nnc4n3-c3ccc(Cl)cc3CN(C(=O)O)C4)CC2)n1. The lowest BCUT2D eigenvalue weighted by Gasteiger charge is -2.28. The average molecular weight is 452 g/mol. The number of hydrogen-bond acceptors (Lipinski definition) is 4. The molecule has 1 aromatic carbocycles. The Morgan fingerprint density at radius 2 is 1.88 bits per heavy atom. The summed E-state index contributed by atoms with van der Waals surface area (Å²) in [5.41, 5.74) is 4.13. The number of halogens is 1. The number of nitrogens with zero attached hydrogens (tertiary/aromatic N) is 5. The van der Waals surface area contributed by atoms with E-state index in [4.69, 9.17) is 16.6 Å². The van der Waals surface area contributed by atoms with Crippen molar-refractivity contribution in [3.8, 4) is 5.69 Å². The van der Waals surface area contributed by atoms with Gasteiger partial charge in [0, 0.05) is 28.2 Å². The Balaban J connectivity index is 1.44. The maximum Gasteiger partial charge on any atom is 0.408 e. The Hall–Kier alpha value is -2.93. The first-order chi connectivity index (χ1) is 15.5. The summed E-state index contributed by atoms with van der Waals surface area (Å²) in [6.45, 7) is 2.62. The summed E-state index contributed by atoms with van der Waals surface area (Å²) in [5, 5.41) is 19.2. The number of aromatic nitrogens is 4. The molecular weight excluding hydrogens is 426 g/mol. The maximum absolute atomic E-state index is 11.8. The van der Waals surface area contributed by atoms with Gasteiger partial charge in [0.1, 0.15) is 5.82 Å². The molecule has 1 fully saturated rings. The molecule has 1 N–H and O–H groups in total. The van der Waals surface area contributed by atoms with Gasteiger partial charge in [0.25, 0.3) is 0 Å². The van der Waals surface area contributed by atoms with Crippen LogP contribution in [-0.2, 0) is 19.5 Å². The summed E-state index contributed by atoms with van der Waals surface area (Å²) < 4.78 is 2.07. The van der Waals surface area contributed by atoms with E-state index in [1.165, 1.54) is 10.6 Å². The number of aryl methyl sites for hydroxylation is 1. The van der Waals surface area contributed by atoms with Crippen molar-refractivity contribution in [2.45, 2.75) is 64.0 Å². The minimum atomic E-state index is -0.976. The van der Waals surface area contributed by atoms with Crippen LogP contribution in [0, 0.1) is 0 Å². The molecule has 0 unspecified atom stereocenters. The molecule has 0 atom stereocenters. The van der Waals surface area contributed by atoms with Crippen LogP contribution >= 0.6 is 11.6 Å². The van der Waals surface area contributed by atoms with Crippen molar-refractivity contribution in [2.75, 3.05) is 0 Å². The third-order valence-corrected chi connectivity index (χ3v) is 6.94. The largest absolute Gasteiger partial charge is 0.465 e. The number of fused-ring (bicyclic) bond motifs is 3. The molecule has 0 spiro atoms. The second-order valence-corrected chi connectivity index (χ2v) is 9.11. The van der Waals surface area contributed by atoms with Gasteiger partial charge >= 0.3 is 6.09 Å². The van der Waals surface area contributed by atoms with Crippen molar-refractivity contribution >= 4 is 17.7 Å². The molecule has 5 rings (SSSR count). The van der Waals surface area contributed by atoms with E-state index < -0.39 is 6.09 Å². The Labute approximate surface area is 192 Å². The molecule has 3 heterocycles. The van der Waals surface area contributed by atoms with E-state index in [1.54, 1.807) is 0 Å². The molecule has 166 valence electrons. The molecule has 1 aliphatic heterocycles. The molecule has 1 aliphatic carbocycles. The highest BCUT2D eigenvalue weighted by Gasteiger charge is 2.32. The Morgan fingerprint density at radius 3 is 2.62 bits per heavy atom. The molecule has 0 radical (unpaired) electrons. The van der Waals surface area contributed by atoms with Crippen molar-refractivity contribution in [3.05, 3.63) is 70.0 Å². The molecule has 2 aromatic heterocycles. The smallest absolute Gasteiger partial charge is 0.408 e. The zero-order valence-electron chi connectivity index (χ0n) is 18.0. The summed E-state index contributed by atoms with van der Waals surface area (Å²) in [5.74, 6) is 2.33. The third-order valence-electron chi connectivity index (χ3n) is 6.70. The summed E-state index contributed by atoms with van der Waals surface area (Å²) in [4.78, 5) is 18.0.